The zero-order valence-electron chi connectivity index (χ0n) is 10.4. The summed E-state index contributed by atoms with van der Waals surface area (Å²) in [4.78, 5) is 10.6. The Morgan fingerprint density at radius 2 is 2.17 bits per heavy atom. The van der Waals surface area contributed by atoms with Crippen molar-refractivity contribution in [3.05, 3.63) is 24.3 Å². The SMILES string of the molecule is BrCC1CCCCCN1c1nc2ccccc2[nH]1. The molecule has 4 heteroatoms. The Morgan fingerprint density at radius 1 is 1.28 bits per heavy atom. The first-order valence-corrected chi connectivity index (χ1v) is 7.78. The maximum absolute atomic E-state index is 4.73. The highest BCUT2D eigenvalue weighted by molar-refractivity contribution is 9.09. The predicted molar refractivity (Wildman–Crippen MR) is 79.5 cm³/mol. The maximum Gasteiger partial charge on any atom is 0.204 e. The molecule has 0 bridgehead atoms. The number of alkyl halides is 1. The molecule has 0 amide bonds. The smallest absolute Gasteiger partial charge is 0.204 e. The summed E-state index contributed by atoms with van der Waals surface area (Å²) in [7, 11) is 0. The van der Waals surface area contributed by atoms with Crippen molar-refractivity contribution in [3.8, 4) is 0 Å². The van der Waals surface area contributed by atoms with Crippen molar-refractivity contribution in [1.82, 2.24) is 9.97 Å². The van der Waals surface area contributed by atoms with Crippen LogP contribution in [0.4, 0.5) is 5.95 Å². The number of aromatic nitrogens is 2. The second-order valence-corrected chi connectivity index (χ2v) is 5.58. The van der Waals surface area contributed by atoms with E-state index in [9.17, 15) is 0 Å². The lowest BCUT2D eigenvalue weighted by Crippen LogP contribution is -2.36. The molecule has 0 radical (unpaired) electrons. The van der Waals surface area contributed by atoms with Gasteiger partial charge in [0.1, 0.15) is 0 Å². The first-order valence-electron chi connectivity index (χ1n) is 6.66. The summed E-state index contributed by atoms with van der Waals surface area (Å²) in [5.74, 6) is 1.03. The molecule has 96 valence electrons. The molecule has 0 saturated carbocycles. The summed E-state index contributed by atoms with van der Waals surface area (Å²) < 4.78 is 0. The fourth-order valence-electron chi connectivity index (χ4n) is 2.69. The van der Waals surface area contributed by atoms with Crippen LogP contribution < -0.4 is 4.90 Å². The summed E-state index contributed by atoms with van der Waals surface area (Å²) >= 11 is 3.64. The number of para-hydroxylation sites is 2. The number of imidazole rings is 1. The van der Waals surface area contributed by atoms with E-state index in [1.165, 1.54) is 25.7 Å². The topological polar surface area (TPSA) is 31.9 Å². The van der Waals surface area contributed by atoms with Crippen LogP contribution in [0.1, 0.15) is 25.7 Å². The van der Waals surface area contributed by atoms with Gasteiger partial charge in [-0.3, -0.25) is 0 Å². The lowest BCUT2D eigenvalue weighted by Gasteiger charge is -2.28. The average molecular weight is 308 g/mol. The number of hydrogen-bond acceptors (Lipinski definition) is 2. The van der Waals surface area contributed by atoms with E-state index in [0.717, 1.165) is 28.9 Å². The third-order valence-corrected chi connectivity index (χ3v) is 4.45. The highest BCUT2D eigenvalue weighted by Crippen LogP contribution is 2.25. The molecular formula is C14H18BrN3. The Balaban J connectivity index is 1.95. The summed E-state index contributed by atoms with van der Waals surface area (Å²) in [6.07, 6.45) is 5.18. The Hall–Kier alpha value is -1.03. The van der Waals surface area contributed by atoms with E-state index in [2.05, 4.69) is 44.0 Å². The Labute approximate surface area is 116 Å². The minimum absolute atomic E-state index is 0.563. The third-order valence-electron chi connectivity index (χ3n) is 3.70. The Kier molecular flexibility index (Phi) is 3.55. The monoisotopic (exact) mass is 307 g/mol. The van der Waals surface area contributed by atoms with Gasteiger partial charge in [-0.2, -0.15) is 0 Å². The predicted octanol–water partition coefficient (Wildman–Crippen LogP) is 3.71. The van der Waals surface area contributed by atoms with E-state index in [1.54, 1.807) is 0 Å². The molecule has 0 aliphatic carbocycles. The summed E-state index contributed by atoms with van der Waals surface area (Å²) in [6, 6.07) is 8.81. The number of aromatic amines is 1. The highest BCUT2D eigenvalue weighted by Gasteiger charge is 2.22. The van der Waals surface area contributed by atoms with Crippen LogP contribution in [0, 0.1) is 0 Å². The largest absolute Gasteiger partial charge is 0.339 e. The molecule has 1 aliphatic heterocycles. The number of halogens is 1. The molecule has 1 atom stereocenters. The Morgan fingerprint density at radius 3 is 3.00 bits per heavy atom. The van der Waals surface area contributed by atoms with Crippen molar-refractivity contribution in [2.75, 3.05) is 16.8 Å². The van der Waals surface area contributed by atoms with Gasteiger partial charge in [-0.15, -0.1) is 0 Å². The lowest BCUT2D eigenvalue weighted by atomic mass is 10.1. The minimum atomic E-state index is 0.563. The molecule has 1 aromatic carbocycles. The van der Waals surface area contributed by atoms with Gasteiger partial charge in [-0.05, 0) is 25.0 Å². The van der Waals surface area contributed by atoms with E-state index >= 15 is 0 Å². The number of hydrogen-bond donors (Lipinski definition) is 1. The fraction of sp³-hybridized carbons (Fsp3) is 0.500. The van der Waals surface area contributed by atoms with Gasteiger partial charge in [0.05, 0.1) is 11.0 Å². The molecular weight excluding hydrogens is 290 g/mol. The zero-order valence-corrected chi connectivity index (χ0v) is 12.0. The normalized spacial score (nSPS) is 21.2. The van der Waals surface area contributed by atoms with Crippen molar-refractivity contribution in [3.63, 3.8) is 0 Å². The zero-order chi connectivity index (χ0) is 12.4. The van der Waals surface area contributed by atoms with E-state index in [1.807, 2.05) is 6.07 Å². The first kappa shape index (κ1) is 12.0. The number of rotatable bonds is 2. The van der Waals surface area contributed by atoms with Gasteiger partial charge in [0, 0.05) is 17.9 Å². The highest BCUT2D eigenvalue weighted by atomic mass is 79.9. The van der Waals surface area contributed by atoms with Crippen LogP contribution in [-0.4, -0.2) is 27.9 Å². The van der Waals surface area contributed by atoms with Crippen LogP contribution >= 0.6 is 15.9 Å². The fourth-order valence-corrected chi connectivity index (χ4v) is 3.37. The Bertz CT molecular complexity index is 489. The van der Waals surface area contributed by atoms with Gasteiger partial charge in [0.15, 0.2) is 0 Å². The molecule has 1 saturated heterocycles. The summed E-state index contributed by atoms with van der Waals surface area (Å²) in [6.45, 7) is 1.11. The third kappa shape index (κ3) is 2.26. The molecule has 3 nitrogen and oxygen atoms in total. The van der Waals surface area contributed by atoms with Crippen molar-refractivity contribution in [2.24, 2.45) is 0 Å². The number of nitrogens with one attached hydrogen (secondary N) is 1. The molecule has 3 rings (SSSR count). The second-order valence-electron chi connectivity index (χ2n) is 4.93. The summed E-state index contributed by atoms with van der Waals surface area (Å²) in [5, 5.41) is 1.02. The van der Waals surface area contributed by atoms with Crippen LogP contribution in [-0.2, 0) is 0 Å². The number of anilines is 1. The standard InChI is InChI=1S/C14H18BrN3/c15-10-11-6-2-1-5-9-18(11)14-16-12-7-3-4-8-13(12)17-14/h3-4,7-8,11H,1-2,5-6,9-10H2,(H,16,17). The van der Waals surface area contributed by atoms with Gasteiger partial charge in [-0.1, -0.05) is 40.9 Å². The molecule has 2 aromatic rings. The quantitative estimate of drug-likeness (QED) is 0.858. The second kappa shape index (κ2) is 5.31. The number of H-pyrrole nitrogens is 1. The summed E-state index contributed by atoms with van der Waals surface area (Å²) in [5.41, 5.74) is 2.19. The van der Waals surface area contributed by atoms with Gasteiger partial charge >= 0.3 is 0 Å². The first-order chi connectivity index (χ1) is 8.88. The van der Waals surface area contributed by atoms with Gasteiger partial charge in [0.25, 0.3) is 0 Å². The van der Waals surface area contributed by atoms with Gasteiger partial charge in [-0.25, -0.2) is 4.98 Å². The van der Waals surface area contributed by atoms with Crippen LogP contribution in [0.5, 0.6) is 0 Å². The minimum Gasteiger partial charge on any atom is -0.339 e. The average Bonchev–Trinajstić information content (AvgIpc) is 2.68. The molecule has 1 unspecified atom stereocenters. The van der Waals surface area contributed by atoms with Crippen LogP contribution in [0.15, 0.2) is 24.3 Å². The number of nitrogens with zero attached hydrogens (tertiary/aromatic N) is 2. The molecule has 0 spiro atoms. The van der Waals surface area contributed by atoms with Crippen LogP contribution in [0.2, 0.25) is 0 Å². The van der Waals surface area contributed by atoms with E-state index in [0.29, 0.717) is 6.04 Å². The molecule has 1 aromatic heterocycles. The van der Waals surface area contributed by atoms with Gasteiger partial charge in [0.2, 0.25) is 5.95 Å². The number of fused-ring (bicyclic) bond motifs is 1. The maximum atomic E-state index is 4.73. The molecule has 2 heterocycles. The van der Waals surface area contributed by atoms with E-state index in [-0.39, 0.29) is 0 Å². The van der Waals surface area contributed by atoms with Gasteiger partial charge < -0.3 is 9.88 Å². The van der Waals surface area contributed by atoms with Crippen molar-refractivity contribution >= 4 is 32.9 Å². The molecule has 18 heavy (non-hydrogen) atoms. The molecule has 1 aliphatic rings. The van der Waals surface area contributed by atoms with Crippen molar-refractivity contribution in [2.45, 2.75) is 31.7 Å². The van der Waals surface area contributed by atoms with Crippen molar-refractivity contribution < 1.29 is 0 Å². The molecule has 1 N–H and O–H groups in total. The van der Waals surface area contributed by atoms with Crippen molar-refractivity contribution in [1.29, 1.82) is 0 Å². The van der Waals surface area contributed by atoms with Crippen LogP contribution in [0.25, 0.3) is 11.0 Å². The number of benzene rings is 1. The van der Waals surface area contributed by atoms with E-state index < -0.39 is 0 Å². The lowest BCUT2D eigenvalue weighted by molar-refractivity contribution is 0.618. The van der Waals surface area contributed by atoms with E-state index in [4.69, 9.17) is 4.98 Å². The molecule has 1 fully saturated rings. The van der Waals surface area contributed by atoms with Crippen LogP contribution in [0.3, 0.4) is 0 Å².